The fraction of sp³-hybridized carbons (Fsp3) is 1.00. The standard InChI is InChI=1S/C10H22O3S2.Na/c1-2-3-4-5-6-7-8-9-10-15(11,12)13-14;/h14H,2-10H2,1H3;/q;+1/p-1. The average Bonchev–Trinajstić information content (AvgIpc) is 2.22. The summed E-state index contributed by atoms with van der Waals surface area (Å²) in [6.07, 6.45) is 9.04. The van der Waals surface area contributed by atoms with Crippen LogP contribution in [0.25, 0.3) is 0 Å². The van der Waals surface area contributed by atoms with E-state index in [-0.39, 0.29) is 35.3 Å². The van der Waals surface area contributed by atoms with Crippen molar-refractivity contribution < 1.29 is 41.6 Å². The van der Waals surface area contributed by atoms with E-state index in [0.717, 1.165) is 12.8 Å². The minimum absolute atomic E-state index is 0. The Balaban J connectivity index is 0. The van der Waals surface area contributed by atoms with E-state index in [2.05, 4.69) is 23.5 Å². The third kappa shape index (κ3) is 13.3. The molecule has 0 aromatic rings. The maximum Gasteiger partial charge on any atom is 1.00 e. The molecule has 3 nitrogen and oxygen atoms in total. The van der Waals surface area contributed by atoms with E-state index >= 15 is 0 Å². The first-order valence-corrected chi connectivity index (χ1v) is 7.57. The number of hydrogen-bond acceptors (Lipinski definition) is 4. The summed E-state index contributed by atoms with van der Waals surface area (Å²) in [7, 11) is -3.41. The third-order valence-corrected chi connectivity index (χ3v) is 3.97. The normalized spacial score (nSPS) is 11.1. The van der Waals surface area contributed by atoms with Crippen molar-refractivity contribution in [1.82, 2.24) is 0 Å². The van der Waals surface area contributed by atoms with E-state index in [0.29, 0.717) is 6.42 Å². The molecule has 0 saturated carbocycles. The van der Waals surface area contributed by atoms with Gasteiger partial charge in [-0.3, -0.25) is 0 Å². The van der Waals surface area contributed by atoms with E-state index in [1.54, 1.807) is 0 Å². The predicted molar refractivity (Wildman–Crippen MR) is 64.8 cm³/mol. The fourth-order valence-corrected chi connectivity index (χ4v) is 2.28. The Morgan fingerprint density at radius 1 is 0.938 bits per heavy atom. The summed E-state index contributed by atoms with van der Waals surface area (Å²) in [5.74, 6) is 0.0610. The molecule has 0 fully saturated rings. The van der Waals surface area contributed by atoms with Crippen LogP contribution in [0.15, 0.2) is 0 Å². The molecule has 0 radical (unpaired) electrons. The summed E-state index contributed by atoms with van der Waals surface area (Å²) < 4.78 is 25.6. The van der Waals surface area contributed by atoms with Gasteiger partial charge in [-0.05, 0) is 6.42 Å². The smallest absolute Gasteiger partial charge is 0.602 e. The summed E-state index contributed by atoms with van der Waals surface area (Å²) in [6.45, 7) is 2.19. The van der Waals surface area contributed by atoms with Gasteiger partial charge >= 0.3 is 29.6 Å². The molecule has 16 heavy (non-hydrogen) atoms. The summed E-state index contributed by atoms with van der Waals surface area (Å²) in [5.41, 5.74) is 0. The molecule has 0 saturated heterocycles. The van der Waals surface area contributed by atoms with Crippen molar-refractivity contribution in [3.8, 4) is 0 Å². The van der Waals surface area contributed by atoms with Gasteiger partial charge in [0, 0.05) is 0 Å². The largest absolute Gasteiger partial charge is 1.00 e. The zero-order chi connectivity index (χ0) is 11.6. The number of hydrogen-bond donors (Lipinski definition) is 0. The Bertz CT molecular complexity index is 230. The first kappa shape index (κ1) is 19.6. The van der Waals surface area contributed by atoms with Gasteiger partial charge in [-0.1, -0.05) is 51.9 Å². The molecule has 0 aromatic heterocycles. The summed E-state index contributed by atoms with van der Waals surface area (Å²) >= 11 is 4.05. The van der Waals surface area contributed by atoms with E-state index < -0.39 is 10.1 Å². The Morgan fingerprint density at radius 2 is 1.38 bits per heavy atom. The molecule has 0 amide bonds. The number of rotatable bonds is 10. The monoisotopic (exact) mass is 276 g/mol. The summed E-state index contributed by atoms with van der Waals surface area (Å²) in [5, 5.41) is 0. The minimum Gasteiger partial charge on any atom is -0.602 e. The van der Waals surface area contributed by atoms with Gasteiger partial charge in [-0.2, -0.15) is 0 Å². The average molecular weight is 276 g/mol. The van der Waals surface area contributed by atoms with E-state index in [4.69, 9.17) is 0 Å². The molecule has 0 rings (SSSR count). The Kier molecular flexibility index (Phi) is 15.6. The maximum absolute atomic E-state index is 10.8. The molecule has 0 atom stereocenters. The molecule has 6 heteroatoms. The van der Waals surface area contributed by atoms with Crippen molar-refractivity contribution in [2.24, 2.45) is 0 Å². The van der Waals surface area contributed by atoms with Crippen LogP contribution in [0.4, 0.5) is 0 Å². The van der Waals surface area contributed by atoms with Crippen molar-refractivity contribution in [1.29, 1.82) is 0 Å². The van der Waals surface area contributed by atoms with Crippen LogP contribution in [0, 0.1) is 0 Å². The SMILES string of the molecule is CCCCCCCCCCS(=O)(=O)O[S-].[Na+]. The molecular weight excluding hydrogens is 255 g/mol. The van der Waals surface area contributed by atoms with Crippen molar-refractivity contribution in [2.45, 2.75) is 58.3 Å². The van der Waals surface area contributed by atoms with Gasteiger partial charge in [0.1, 0.15) is 0 Å². The van der Waals surface area contributed by atoms with Crippen LogP contribution >= 0.6 is 0 Å². The van der Waals surface area contributed by atoms with Crippen molar-refractivity contribution in [3.05, 3.63) is 0 Å². The van der Waals surface area contributed by atoms with Gasteiger partial charge in [-0.15, -0.1) is 0 Å². The van der Waals surface area contributed by atoms with Gasteiger partial charge < -0.3 is 16.5 Å². The van der Waals surface area contributed by atoms with Gasteiger partial charge in [0.05, 0.1) is 5.75 Å². The zero-order valence-corrected chi connectivity index (χ0v) is 14.0. The second-order valence-electron chi connectivity index (χ2n) is 3.80. The van der Waals surface area contributed by atoms with Crippen LogP contribution in [-0.4, -0.2) is 14.2 Å². The fourth-order valence-electron chi connectivity index (χ4n) is 1.45. The number of unbranched alkanes of at least 4 members (excludes halogenated alkanes) is 7. The molecule has 0 heterocycles. The Labute approximate surface area is 128 Å². The third-order valence-electron chi connectivity index (χ3n) is 2.35. The molecule has 92 valence electrons. The van der Waals surface area contributed by atoms with E-state index in [9.17, 15) is 8.42 Å². The summed E-state index contributed by atoms with van der Waals surface area (Å²) in [4.78, 5) is 0. The Hall–Kier alpha value is 1.26. The van der Waals surface area contributed by atoms with Crippen molar-refractivity contribution >= 4 is 23.0 Å². The molecule has 0 aliphatic carbocycles. The second kappa shape index (κ2) is 12.7. The van der Waals surface area contributed by atoms with Crippen LogP contribution in [0.5, 0.6) is 0 Å². The van der Waals surface area contributed by atoms with E-state index in [1.807, 2.05) is 0 Å². The minimum atomic E-state index is -3.41. The molecule has 0 bridgehead atoms. The van der Waals surface area contributed by atoms with Gasteiger partial charge in [0.15, 0.2) is 0 Å². The molecule has 0 aliphatic heterocycles. The first-order valence-electron chi connectivity index (χ1n) is 5.66. The maximum atomic E-state index is 10.8. The second-order valence-corrected chi connectivity index (χ2v) is 5.87. The van der Waals surface area contributed by atoms with Gasteiger partial charge in [0.25, 0.3) is 0 Å². The van der Waals surface area contributed by atoms with Crippen LogP contribution in [0.2, 0.25) is 0 Å². The molecule has 0 N–H and O–H groups in total. The quantitative estimate of drug-likeness (QED) is 0.318. The van der Waals surface area contributed by atoms with Crippen molar-refractivity contribution in [3.63, 3.8) is 0 Å². The van der Waals surface area contributed by atoms with Crippen LogP contribution in [-0.2, 0) is 26.7 Å². The van der Waals surface area contributed by atoms with Gasteiger partial charge in [0.2, 0.25) is 10.1 Å². The molecule has 0 unspecified atom stereocenters. The predicted octanol–water partition coefficient (Wildman–Crippen LogP) is -0.0606. The molecule has 0 aromatic carbocycles. The summed E-state index contributed by atoms with van der Waals surface area (Å²) in [6, 6.07) is 0. The molecular formula is C10H21NaO3S2. The van der Waals surface area contributed by atoms with Gasteiger partial charge in [-0.25, -0.2) is 8.42 Å². The van der Waals surface area contributed by atoms with Crippen LogP contribution < -0.4 is 29.6 Å². The Morgan fingerprint density at radius 3 is 1.81 bits per heavy atom. The molecule has 0 aliphatic rings. The van der Waals surface area contributed by atoms with E-state index in [1.165, 1.54) is 32.1 Å². The van der Waals surface area contributed by atoms with Crippen molar-refractivity contribution in [2.75, 3.05) is 5.75 Å². The topological polar surface area (TPSA) is 43.4 Å². The van der Waals surface area contributed by atoms with Crippen LogP contribution in [0.3, 0.4) is 0 Å². The molecule has 0 spiro atoms. The first-order chi connectivity index (χ1) is 7.12. The van der Waals surface area contributed by atoms with Crippen LogP contribution in [0.1, 0.15) is 58.3 Å². The zero-order valence-electron chi connectivity index (χ0n) is 10.4.